The first-order valence-electron chi connectivity index (χ1n) is 6.01. The lowest BCUT2D eigenvalue weighted by Crippen LogP contribution is -2.47. The lowest BCUT2D eigenvalue weighted by atomic mass is 9.85. The third-order valence-electron chi connectivity index (χ3n) is 3.78. The van der Waals surface area contributed by atoms with Crippen molar-refractivity contribution in [3.05, 3.63) is 20.8 Å². The maximum Gasteiger partial charge on any atom is 0.407 e. The molecule has 0 aliphatic carbocycles. The molecule has 4 nitrogen and oxygen atoms in total. The highest BCUT2D eigenvalue weighted by molar-refractivity contribution is 7.16. The molecule has 1 amide bonds. The van der Waals surface area contributed by atoms with Crippen LogP contribution in [0.4, 0.5) is 4.79 Å². The van der Waals surface area contributed by atoms with Gasteiger partial charge in [0.05, 0.1) is 10.9 Å². The van der Waals surface area contributed by atoms with Crippen LogP contribution in [0.1, 0.15) is 23.3 Å². The Morgan fingerprint density at radius 3 is 2.89 bits per heavy atom. The van der Waals surface area contributed by atoms with Gasteiger partial charge in [0.15, 0.2) is 0 Å². The van der Waals surface area contributed by atoms with Crippen LogP contribution in [-0.4, -0.2) is 35.8 Å². The maximum atomic E-state index is 10.9. The van der Waals surface area contributed by atoms with Crippen molar-refractivity contribution in [1.82, 2.24) is 4.90 Å². The average Bonchev–Trinajstić information content (AvgIpc) is 2.72. The number of amides is 1. The fourth-order valence-corrected chi connectivity index (χ4v) is 4.32. The zero-order valence-corrected chi connectivity index (χ0v) is 11.4. The summed E-state index contributed by atoms with van der Waals surface area (Å²) in [7, 11) is 0. The highest BCUT2D eigenvalue weighted by atomic mass is 35.5. The van der Waals surface area contributed by atoms with Crippen LogP contribution >= 0.6 is 22.9 Å². The van der Waals surface area contributed by atoms with E-state index in [9.17, 15) is 4.79 Å². The van der Waals surface area contributed by atoms with E-state index in [1.165, 1.54) is 15.3 Å². The zero-order chi connectivity index (χ0) is 12.8. The van der Waals surface area contributed by atoms with Gasteiger partial charge in [-0.3, -0.25) is 0 Å². The van der Waals surface area contributed by atoms with Crippen molar-refractivity contribution in [2.45, 2.75) is 24.9 Å². The van der Waals surface area contributed by atoms with Crippen LogP contribution in [0.2, 0.25) is 4.34 Å². The number of rotatable bonds is 0. The molecule has 0 bridgehead atoms. The molecule has 0 radical (unpaired) electrons. The van der Waals surface area contributed by atoms with Crippen LogP contribution < -0.4 is 0 Å². The molecule has 1 aromatic heterocycles. The Balaban J connectivity index is 1.87. The molecule has 18 heavy (non-hydrogen) atoms. The van der Waals surface area contributed by atoms with Crippen molar-refractivity contribution in [3.63, 3.8) is 0 Å². The Morgan fingerprint density at radius 2 is 2.22 bits per heavy atom. The monoisotopic (exact) mass is 287 g/mol. The third kappa shape index (κ3) is 1.90. The van der Waals surface area contributed by atoms with Crippen LogP contribution in [0.3, 0.4) is 0 Å². The Labute approximate surface area is 114 Å². The van der Waals surface area contributed by atoms with Crippen LogP contribution in [0.15, 0.2) is 6.07 Å². The number of hydrogen-bond donors (Lipinski definition) is 1. The van der Waals surface area contributed by atoms with Gasteiger partial charge in [0.1, 0.15) is 5.60 Å². The molecule has 0 unspecified atom stereocenters. The molecule has 0 aromatic carbocycles. The van der Waals surface area contributed by atoms with Crippen molar-refractivity contribution in [2.75, 3.05) is 19.7 Å². The highest BCUT2D eigenvalue weighted by Crippen LogP contribution is 2.46. The second-order valence-electron chi connectivity index (χ2n) is 4.77. The number of carbonyl (C=O) groups is 1. The van der Waals surface area contributed by atoms with E-state index in [0.29, 0.717) is 19.7 Å². The molecule has 98 valence electrons. The van der Waals surface area contributed by atoms with Crippen molar-refractivity contribution >= 4 is 29.0 Å². The Morgan fingerprint density at radius 1 is 1.50 bits per heavy atom. The molecular weight excluding hydrogens is 274 g/mol. The number of ether oxygens (including phenoxy) is 1. The molecule has 6 heteroatoms. The Bertz CT molecular complexity index is 480. The average molecular weight is 288 g/mol. The SMILES string of the molecule is O=C(O)N1CCC2(CC1)OCCc1cc(Cl)sc12. The van der Waals surface area contributed by atoms with E-state index < -0.39 is 6.09 Å². The summed E-state index contributed by atoms with van der Waals surface area (Å²) in [6.07, 6.45) is 1.51. The summed E-state index contributed by atoms with van der Waals surface area (Å²) in [5.74, 6) is 0. The first-order valence-corrected chi connectivity index (χ1v) is 7.21. The molecular formula is C12H14ClNO3S. The number of nitrogens with zero attached hydrogens (tertiary/aromatic N) is 1. The smallest absolute Gasteiger partial charge is 0.407 e. The summed E-state index contributed by atoms with van der Waals surface area (Å²) in [6.45, 7) is 1.77. The van der Waals surface area contributed by atoms with E-state index in [0.717, 1.165) is 23.6 Å². The molecule has 2 aliphatic rings. The Kier molecular flexibility index (Phi) is 3.00. The zero-order valence-electron chi connectivity index (χ0n) is 9.82. The third-order valence-corrected chi connectivity index (χ3v) is 5.28. The minimum Gasteiger partial charge on any atom is -0.465 e. The minimum atomic E-state index is -0.843. The van der Waals surface area contributed by atoms with Crippen molar-refractivity contribution in [3.8, 4) is 0 Å². The summed E-state index contributed by atoms with van der Waals surface area (Å²) >= 11 is 7.67. The number of carboxylic acid groups (broad SMARTS) is 1. The van der Waals surface area contributed by atoms with Crippen LogP contribution in [0, 0.1) is 0 Å². The molecule has 3 heterocycles. The first-order chi connectivity index (χ1) is 8.61. The molecule has 1 N–H and O–H groups in total. The van der Waals surface area contributed by atoms with E-state index in [1.54, 1.807) is 11.3 Å². The number of fused-ring (bicyclic) bond motifs is 2. The van der Waals surface area contributed by atoms with Crippen LogP contribution in [-0.2, 0) is 16.8 Å². The first kappa shape index (κ1) is 12.3. The fourth-order valence-electron chi connectivity index (χ4n) is 2.82. The summed E-state index contributed by atoms with van der Waals surface area (Å²) in [4.78, 5) is 13.6. The standard InChI is InChI=1S/C12H14ClNO3S/c13-9-7-8-1-6-17-12(10(8)18-9)2-4-14(5-3-12)11(15)16/h7H,1-6H2,(H,15,16). The second kappa shape index (κ2) is 4.40. The van der Waals surface area contributed by atoms with E-state index in [1.807, 2.05) is 6.07 Å². The molecule has 1 saturated heterocycles. The number of piperidine rings is 1. The molecule has 0 atom stereocenters. The van der Waals surface area contributed by atoms with Gasteiger partial charge in [-0.1, -0.05) is 11.6 Å². The van der Waals surface area contributed by atoms with E-state index in [4.69, 9.17) is 21.4 Å². The van der Waals surface area contributed by atoms with Crippen LogP contribution in [0.25, 0.3) is 0 Å². The molecule has 1 fully saturated rings. The fraction of sp³-hybridized carbons (Fsp3) is 0.583. The maximum absolute atomic E-state index is 10.9. The number of thiophene rings is 1. The lowest BCUT2D eigenvalue weighted by molar-refractivity contribution is -0.0914. The van der Waals surface area contributed by atoms with Crippen molar-refractivity contribution in [2.24, 2.45) is 0 Å². The quantitative estimate of drug-likeness (QED) is 0.798. The van der Waals surface area contributed by atoms with Gasteiger partial charge < -0.3 is 14.7 Å². The molecule has 0 saturated carbocycles. The van der Waals surface area contributed by atoms with Crippen LogP contribution in [0.5, 0.6) is 0 Å². The van der Waals surface area contributed by atoms with Crippen molar-refractivity contribution in [1.29, 1.82) is 0 Å². The van der Waals surface area contributed by atoms with Gasteiger partial charge in [-0.2, -0.15) is 0 Å². The molecule has 1 spiro atoms. The number of hydrogen-bond acceptors (Lipinski definition) is 3. The summed E-state index contributed by atoms with van der Waals surface area (Å²) < 4.78 is 6.80. The summed E-state index contributed by atoms with van der Waals surface area (Å²) in [5.41, 5.74) is 0.983. The minimum absolute atomic E-state index is 0.294. The van der Waals surface area contributed by atoms with Gasteiger partial charge in [0.2, 0.25) is 0 Å². The van der Waals surface area contributed by atoms with Gasteiger partial charge >= 0.3 is 6.09 Å². The van der Waals surface area contributed by atoms with Gasteiger partial charge in [-0.15, -0.1) is 11.3 Å². The van der Waals surface area contributed by atoms with E-state index in [-0.39, 0.29) is 5.60 Å². The second-order valence-corrected chi connectivity index (χ2v) is 6.45. The molecule has 3 rings (SSSR count). The van der Waals surface area contributed by atoms with Gasteiger partial charge in [0.25, 0.3) is 0 Å². The topological polar surface area (TPSA) is 49.8 Å². The number of likely N-dealkylation sites (tertiary alicyclic amines) is 1. The van der Waals surface area contributed by atoms with Gasteiger partial charge in [-0.05, 0) is 30.9 Å². The Hall–Kier alpha value is -0.780. The predicted octanol–water partition coefficient (Wildman–Crippen LogP) is 2.94. The lowest BCUT2D eigenvalue weighted by Gasteiger charge is -2.42. The van der Waals surface area contributed by atoms with Gasteiger partial charge in [0, 0.05) is 18.0 Å². The molecule has 2 aliphatic heterocycles. The summed E-state index contributed by atoms with van der Waals surface area (Å²) in [5, 5.41) is 8.99. The molecule has 1 aromatic rings. The van der Waals surface area contributed by atoms with E-state index >= 15 is 0 Å². The summed E-state index contributed by atoms with van der Waals surface area (Å²) in [6, 6.07) is 2.02. The predicted molar refractivity (Wildman–Crippen MR) is 69.5 cm³/mol. The van der Waals surface area contributed by atoms with Crippen molar-refractivity contribution < 1.29 is 14.6 Å². The highest BCUT2D eigenvalue weighted by Gasteiger charge is 2.43. The van der Waals surface area contributed by atoms with E-state index in [2.05, 4.69) is 0 Å². The number of halogens is 1. The van der Waals surface area contributed by atoms with Gasteiger partial charge in [-0.25, -0.2) is 4.79 Å². The normalized spacial score (nSPS) is 21.9. The largest absolute Gasteiger partial charge is 0.465 e.